The van der Waals surface area contributed by atoms with E-state index in [1.807, 2.05) is 0 Å². The summed E-state index contributed by atoms with van der Waals surface area (Å²) in [5.74, 6) is 1.24. The molecule has 0 radical (unpaired) electrons. The van der Waals surface area contributed by atoms with Crippen LogP contribution in [0, 0.1) is 6.92 Å². The van der Waals surface area contributed by atoms with Crippen molar-refractivity contribution < 1.29 is 0 Å². The zero-order valence-electron chi connectivity index (χ0n) is 10.4. The van der Waals surface area contributed by atoms with Crippen molar-refractivity contribution in [2.24, 2.45) is 0 Å². The standard InChI is InChI=1S/C14H17NS2/c1-9(2)13-12(8-16)17-14(15-13)11-7-5-4-6-10(11)3/h4-7,9,16H,8H2,1-3H3. The van der Waals surface area contributed by atoms with E-state index in [4.69, 9.17) is 4.98 Å². The third kappa shape index (κ3) is 2.55. The van der Waals surface area contributed by atoms with Gasteiger partial charge in [0.15, 0.2) is 0 Å². The molecule has 0 spiro atoms. The fourth-order valence-corrected chi connectivity index (χ4v) is 3.38. The third-order valence-electron chi connectivity index (χ3n) is 2.79. The Labute approximate surface area is 112 Å². The fourth-order valence-electron chi connectivity index (χ4n) is 1.86. The average Bonchev–Trinajstić information content (AvgIpc) is 2.73. The second-order valence-corrected chi connectivity index (χ2v) is 5.86. The van der Waals surface area contributed by atoms with Gasteiger partial charge < -0.3 is 0 Å². The molecular weight excluding hydrogens is 246 g/mol. The van der Waals surface area contributed by atoms with Crippen LogP contribution in [-0.2, 0) is 5.75 Å². The Morgan fingerprint density at radius 2 is 2.00 bits per heavy atom. The fraction of sp³-hybridized carbons (Fsp3) is 0.357. The minimum Gasteiger partial charge on any atom is -0.241 e. The lowest BCUT2D eigenvalue weighted by Gasteiger charge is -2.02. The van der Waals surface area contributed by atoms with E-state index in [2.05, 4.69) is 57.7 Å². The topological polar surface area (TPSA) is 12.9 Å². The van der Waals surface area contributed by atoms with Crippen LogP contribution in [0.2, 0.25) is 0 Å². The zero-order chi connectivity index (χ0) is 12.4. The van der Waals surface area contributed by atoms with E-state index in [-0.39, 0.29) is 0 Å². The normalized spacial score (nSPS) is 11.1. The van der Waals surface area contributed by atoms with E-state index in [9.17, 15) is 0 Å². The second kappa shape index (κ2) is 5.23. The predicted molar refractivity (Wildman–Crippen MR) is 79.1 cm³/mol. The molecule has 0 aliphatic rings. The lowest BCUT2D eigenvalue weighted by molar-refractivity contribution is 0.824. The van der Waals surface area contributed by atoms with E-state index in [0.717, 1.165) is 10.8 Å². The van der Waals surface area contributed by atoms with Gasteiger partial charge in [0, 0.05) is 16.2 Å². The number of benzene rings is 1. The second-order valence-electron chi connectivity index (χ2n) is 4.46. The van der Waals surface area contributed by atoms with Crippen LogP contribution in [0.3, 0.4) is 0 Å². The zero-order valence-corrected chi connectivity index (χ0v) is 12.1. The minimum atomic E-state index is 0.464. The monoisotopic (exact) mass is 263 g/mol. The SMILES string of the molecule is Cc1ccccc1-c1nc(C(C)C)c(CS)s1. The molecule has 0 saturated carbocycles. The molecule has 0 unspecified atom stereocenters. The van der Waals surface area contributed by atoms with Crippen LogP contribution in [0.1, 0.15) is 35.9 Å². The van der Waals surface area contributed by atoms with Crippen LogP contribution in [0.5, 0.6) is 0 Å². The molecule has 1 nitrogen and oxygen atoms in total. The first-order chi connectivity index (χ1) is 8.13. The molecule has 1 heterocycles. The molecule has 2 aromatic rings. The summed E-state index contributed by atoms with van der Waals surface area (Å²) >= 11 is 6.16. The number of hydrogen-bond donors (Lipinski definition) is 1. The van der Waals surface area contributed by atoms with E-state index < -0.39 is 0 Å². The molecule has 3 heteroatoms. The maximum absolute atomic E-state index is 4.78. The molecule has 0 aliphatic heterocycles. The van der Waals surface area contributed by atoms with Crippen molar-refractivity contribution >= 4 is 24.0 Å². The number of thiazole rings is 1. The van der Waals surface area contributed by atoms with Gasteiger partial charge in [-0.05, 0) is 18.4 Å². The highest BCUT2D eigenvalue weighted by Crippen LogP contribution is 2.33. The van der Waals surface area contributed by atoms with Crippen LogP contribution in [-0.4, -0.2) is 4.98 Å². The van der Waals surface area contributed by atoms with Gasteiger partial charge in [0.2, 0.25) is 0 Å². The van der Waals surface area contributed by atoms with Gasteiger partial charge in [-0.15, -0.1) is 11.3 Å². The summed E-state index contributed by atoms with van der Waals surface area (Å²) in [4.78, 5) is 6.07. The van der Waals surface area contributed by atoms with Crippen LogP contribution >= 0.6 is 24.0 Å². The van der Waals surface area contributed by atoms with Crippen molar-refractivity contribution in [3.63, 3.8) is 0 Å². The molecule has 0 atom stereocenters. The molecule has 0 amide bonds. The summed E-state index contributed by atoms with van der Waals surface area (Å²) in [6.45, 7) is 6.50. The van der Waals surface area contributed by atoms with Gasteiger partial charge in [-0.2, -0.15) is 12.6 Å². The van der Waals surface area contributed by atoms with Gasteiger partial charge in [-0.3, -0.25) is 0 Å². The Hall–Kier alpha value is -0.800. The average molecular weight is 263 g/mol. The van der Waals surface area contributed by atoms with Gasteiger partial charge in [0.1, 0.15) is 5.01 Å². The summed E-state index contributed by atoms with van der Waals surface area (Å²) < 4.78 is 0. The van der Waals surface area contributed by atoms with Gasteiger partial charge in [0.25, 0.3) is 0 Å². The summed E-state index contributed by atoms with van der Waals surface area (Å²) in [6.07, 6.45) is 0. The van der Waals surface area contributed by atoms with E-state index in [1.54, 1.807) is 11.3 Å². The first-order valence-corrected chi connectivity index (χ1v) is 7.24. The lowest BCUT2D eigenvalue weighted by atomic mass is 10.1. The van der Waals surface area contributed by atoms with E-state index >= 15 is 0 Å². The van der Waals surface area contributed by atoms with Gasteiger partial charge in [-0.1, -0.05) is 38.1 Å². The van der Waals surface area contributed by atoms with Crippen molar-refractivity contribution in [1.82, 2.24) is 4.98 Å². The highest BCUT2D eigenvalue weighted by atomic mass is 32.1. The predicted octanol–water partition coefficient (Wildman–Crippen LogP) is 4.67. The summed E-state index contributed by atoms with van der Waals surface area (Å²) in [5, 5.41) is 1.12. The van der Waals surface area contributed by atoms with Crippen LogP contribution < -0.4 is 0 Å². The number of nitrogens with zero attached hydrogens (tertiary/aromatic N) is 1. The Morgan fingerprint density at radius 3 is 2.53 bits per heavy atom. The molecular formula is C14H17NS2. The van der Waals surface area contributed by atoms with Crippen molar-refractivity contribution in [2.45, 2.75) is 32.4 Å². The highest BCUT2D eigenvalue weighted by Gasteiger charge is 2.14. The number of hydrogen-bond acceptors (Lipinski definition) is 3. The van der Waals surface area contributed by atoms with Crippen molar-refractivity contribution in [2.75, 3.05) is 0 Å². The molecule has 0 fully saturated rings. The molecule has 1 aromatic carbocycles. The first kappa shape index (κ1) is 12.7. The Morgan fingerprint density at radius 1 is 1.29 bits per heavy atom. The van der Waals surface area contributed by atoms with Gasteiger partial charge in [0.05, 0.1) is 5.69 Å². The third-order valence-corrected chi connectivity index (χ3v) is 4.43. The smallest absolute Gasteiger partial charge is 0.124 e. The summed E-state index contributed by atoms with van der Waals surface area (Å²) in [5.41, 5.74) is 3.72. The summed E-state index contributed by atoms with van der Waals surface area (Å²) in [7, 11) is 0. The minimum absolute atomic E-state index is 0.464. The summed E-state index contributed by atoms with van der Waals surface area (Å²) in [6, 6.07) is 8.40. The maximum Gasteiger partial charge on any atom is 0.124 e. The lowest BCUT2D eigenvalue weighted by Crippen LogP contribution is -1.91. The van der Waals surface area contributed by atoms with Crippen LogP contribution in [0.15, 0.2) is 24.3 Å². The molecule has 0 N–H and O–H groups in total. The van der Waals surface area contributed by atoms with Gasteiger partial charge >= 0.3 is 0 Å². The Balaban J connectivity index is 2.51. The number of rotatable bonds is 3. The largest absolute Gasteiger partial charge is 0.241 e. The van der Waals surface area contributed by atoms with E-state index in [0.29, 0.717) is 5.92 Å². The van der Waals surface area contributed by atoms with Crippen molar-refractivity contribution in [3.8, 4) is 10.6 Å². The molecule has 0 saturated heterocycles. The Bertz CT molecular complexity index is 515. The van der Waals surface area contributed by atoms with Gasteiger partial charge in [-0.25, -0.2) is 4.98 Å². The molecule has 90 valence electrons. The highest BCUT2D eigenvalue weighted by molar-refractivity contribution is 7.79. The maximum atomic E-state index is 4.78. The molecule has 1 aromatic heterocycles. The first-order valence-electron chi connectivity index (χ1n) is 5.80. The molecule has 0 aliphatic carbocycles. The number of aromatic nitrogens is 1. The number of thiol groups is 1. The van der Waals surface area contributed by atoms with Crippen molar-refractivity contribution in [1.29, 1.82) is 0 Å². The number of aryl methyl sites for hydroxylation is 1. The quantitative estimate of drug-likeness (QED) is 0.794. The van der Waals surface area contributed by atoms with Crippen LogP contribution in [0.25, 0.3) is 10.6 Å². The molecule has 2 rings (SSSR count). The van der Waals surface area contributed by atoms with Crippen LogP contribution in [0.4, 0.5) is 0 Å². The van der Waals surface area contributed by atoms with E-state index in [1.165, 1.54) is 21.7 Å². The molecule has 17 heavy (non-hydrogen) atoms. The van der Waals surface area contributed by atoms with Crippen molar-refractivity contribution in [3.05, 3.63) is 40.4 Å². The molecule has 0 bridgehead atoms. The Kier molecular flexibility index (Phi) is 3.89.